The molecule has 0 spiro atoms. The van der Waals surface area contributed by atoms with Crippen LogP contribution in [0, 0.1) is 0 Å². The Morgan fingerprint density at radius 1 is 1.00 bits per heavy atom. The number of nitrogens with zero attached hydrogens (tertiary/aromatic N) is 4. The van der Waals surface area contributed by atoms with E-state index in [1.165, 1.54) is 0 Å². The maximum atomic E-state index is 6.20. The summed E-state index contributed by atoms with van der Waals surface area (Å²) in [5.41, 5.74) is 5.50. The zero-order valence-corrected chi connectivity index (χ0v) is 12.3. The van der Waals surface area contributed by atoms with E-state index in [-0.39, 0.29) is 0 Å². The summed E-state index contributed by atoms with van der Waals surface area (Å²) in [6, 6.07) is 11.6. The monoisotopic (exact) mass is 306 g/mol. The topological polar surface area (TPSA) is 51.0 Å². The quantitative estimate of drug-likeness (QED) is 0.691. The van der Waals surface area contributed by atoms with Gasteiger partial charge in [0.25, 0.3) is 0 Å². The number of benzene rings is 1. The van der Waals surface area contributed by atoms with Gasteiger partial charge in [-0.05, 0) is 24.3 Å². The Labute approximate surface area is 132 Å². The third-order valence-corrected chi connectivity index (χ3v) is 3.83. The molecule has 0 N–H and O–H groups in total. The lowest BCUT2D eigenvalue weighted by molar-refractivity contribution is 1.02. The van der Waals surface area contributed by atoms with Gasteiger partial charge >= 0.3 is 0 Å². The number of rotatable bonds is 1. The molecular weight excluding hydrogens is 296 g/mol. The Morgan fingerprint density at radius 2 is 1.95 bits per heavy atom. The van der Waals surface area contributed by atoms with E-state index in [9.17, 15) is 0 Å². The maximum absolute atomic E-state index is 6.20. The zero-order chi connectivity index (χ0) is 14.9. The van der Waals surface area contributed by atoms with Crippen molar-refractivity contribution in [3.63, 3.8) is 0 Å². The van der Waals surface area contributed by atoms with Gasteiger partial charge in [-0.25, -0.2) is 9.97 Å². The summed E-state index contributed by atoms with van der Waals surface area (Å²) < 4.78 is 0. The van der Waals surface area contributed by atoms with E-state index in [1.54, 1.807) is 12.5 Å². The van der Waals surface area contributed by atoms with Gasteiger partial charge in [-0.15, -0.1) is 0 Å². The number of fused-ring (bicyclic) bond motifs is 3. The summed E-state index contributed by atoms with van der Waals surface area (Å²) in [4.78, 5) is 17.7. The first-order valence-corrected chi connectivity index (χ1v) is 7.26. The first-order valence-electron chi connectivity index (χ1n) is 6.88. The van der Waals surface area contributed by atoms with Gasteiger partial charge in [-0.2, -0.15) is 0 Å². The highest BCUT2D eigenvalue weighted by Gasteiger charge is 2.20. The predicted octanol–water partition coefficient (Wildman–Crippen LogP) is 3.54. The minimum absolute atomic E-state index is 0.522. The van der Waals surface area contributed by atoms with E-state index in [4.69, 9.17) is 16.6 Å². The number of hydrogen-bond acceptors (Lipinski definition) is 4. The minimum Gasteiger partial charge on any atom is -0.278 e. The van der Waals surface area contributed by atoms with Crippen LogP contribution in [0.4, 0.5) is 0 Å². The van der Waals surface area contributed by atoms with Crippen molar-refractivity contribution in [2.75, 3.05) is 0 Å². The van der Waals surface area contributed by atoms with Crippen molar-refractivity contribution in [3.05, 3.63) is 77.0 Å². The number of hydrogen-bond donors (Lipinski definition) is 0. The van der Waals surface area contributed by atoms with Crippen LogP contribution in [0.3, 0.4) is 0 Å². The second kappa shape index (κ2) is 5.31. The molecule has 0 amide bonds. The fraction of sp³-hybridized carbons (Fsp3) is 0.0588. The van der Waals surface area contributed by atoms with Crippen LogP contribution >= 0.6 is 11.6 Å². The molecule has 0 atom stereocenters. The largest absolute Gasteiger partial charge is 0.278 e. The lowest BCUT2D eigenvalue weighted by atomic mass is 9.97. The Bertz CT molecular complexity index is 875. The molecule has 22 heavy (non-hydrogen) atoms. The Kier molecular flexibility index (Phi) is 3.16. The molecule has 5 heteroatoms. The van der Waals surface area contributed by atoms with Crippen LogP contribution in [-0.4, -0.2) is 20.7 Å². The molecule has 3 aromatic rings. The molecule has 0 bridgehead atoms. The van der Waals surface area contributed by atoms with Crippen LogP contribution in [0.5, 0.6) is 0 Å². The van der Waals surface area contributed by atoms with Gasteiger partial charge in [0.15, 0.2) is 0 Å². The average Bonchev–Trinajstić information content (AvgIpc) is 2.72. The molecule has 4 nitrogen and oxygen atoms in total. The smallest absolute Gasteiger partial charge is 0.116 e. The molecule has 0 aliphatic carbocycles. The van der Waals surface area contributed by atoms with Gasteiger partial charge in [0.2, 0.25) is 0 Å². The van der Waals surface area contributed by atoms with Gasteiger partial charge in [-0.3, -0.25) is 9.98 Å². The first kappa shape index (κ1) is 13.1. The lowest BCUT2D eigenvalue weighted by Crippen LogP contribution is -2.06. The summed E-state index contributed by atoms with van der Waals surface area (Å²) in [5.74, 6) is 0. The third-order valence-electron chi connectivity index (χ3n) is 3.59. The van der Waals surface area contributed by atoms with E-state index in [0.29, 0.717) is 11.6 Å². The highest BCUT2D eigenvalue weighted by atomic mass is 35.5. The summed E-state index contributed by atoms with van der Waals surface area (Å²) >= 11 is 6.20. The molecule has 0 radical (unpaired) electrons. The fourth-order valence-electron chi connectivity index (χ4n) is 2.61. The zero-order valence-electron chi connectivity index (χ0n) is 11.6. The third kappa shape index (κ3) is 2.18. The summed E-state index contributed by atoms with van der Waals surface area (Å²) in [6.45, 7) is 0.522. The summed E-state index contributed by atoms with van der Waals surface area (Å²) in [5, 5.41) is 0.667. The molecule has 0 saturated heterocycles. The fourth-order valence-corrected chi connectivity index (χ4v) is 2.78. The molecule has 2 aromatic heterocycles. The maximum Gasteiger partial charge on any atom is 0.116 e. The van der Waals surface area contributed by atoms with E-state index < -0.39 is 0 Å². The van der Waals surface area contributed by atoms with Gasteiger partial charge in [0.1, 0.15) is 6.33 Å². The van der Waals surface area contributed by atoms with Crippen LogP contribution < -0.4 is 0 Å². The van der Waals surface area contributed by atoms with E-state index >= 15 is 0 Å². The van der Waals surface area contributed by atoms with E-state index in [1.807, 2.05) is 42.6 Å². The van der Waals surface area contributed by atoms with Crippen molar-refractivity contribution in [2.45, 2.75) is 6.54 Å². The van der Waals surface area contributed by atoms with Crippen molar-refractivity contribution in [2.24, 2.45) is 4.99 Å². The van der Waals surface area contributed by atoms with E-state index in [2.05, 4.69) is 15.0 Å². The van der Waals surface area contributed by atoms with Crippen molar-refractivity contribution in [3.8, 4) is 11.3 Å². The molecule has 0 unspecified atom stereocenters. The van der Waals surface area contributed by atoms with Gasteiger partial charge in [0, 0.05) is 34.1 Å². The van der Waals surface area contributed by atoms with Crippen molar-refractivity contribution in [1.29, 1.82) is 0 Å². The van der Waals surface area contributed by atoms with E-state index in [0.717, 1.165) is 33.8 Å². The highest BCUT2D eigenvalue weighted by Crippen LogP contribution is 2.32. The molecule has 1 aromatic carbocycles. The van der Waals surface area contributed by atoms with Crippen LogP contribution in [0.1, 0.15) is 16.8 Å². The number of pyridine rings is 1. The molecule has 4 rings (SSSR count). The van der Waals surface area contributed by atoms with Gasteiger partial charge in [-0.1, -0.05) is 23.7 Å². The lowest BCUT2D eigenvalue weighted by Gasteiger charge is -2.10. The second-order valence-electron chi connectivity index (χ2n) is 4.97. The molecular formula is C17H11ClN4. The average molecular weight is 307 g/mol. The standard InChI is InChI=1S/C17H11ClN4/c18-12-4-5-13-14(7-12)17(15-3-1-2-6-20-15)21-9-11-8-19-10-22-16(11)13/h1-8,10H,9H2. The summed E-state index contributed by atoms with van der Waals surface area (Å²) in [6.07, 6.45) is 5.13. The molecule has 0 fully saturated rings. The van der Waals surface area contributed by atoms with Crippen LogP contribution in [0.25, 0.3) is 11.3 Å². The predicted molar refractivity (Wildman–Crippen MR) is 86.1 cm³/mol. The molecule has 1 aliphatic rings. The second-order valence-corrected chi connectivity index (χ2v) is 5.40. The van der Waals surface area contributed by atoms with Gasteiger partial charge in [0.05, 0.1) is 23.6 Å². The van der Waals surface area contributed by atoms with Crippen molar-refractivity contribution >= 4 is 17.3 Å². The van der Waals surface area contributed by atoms with Crippen molar-refractivity contribution in [1.82, 2.24) is 15.0 Å². The first-order chi connectivity index (χ1) is 10.8. The van der Waals surface area contributed by atoms with Crippen LogP contribution in [0.2, 0.25) is 5.02 Å². The van der Waals surface area contributed by atoms with Crippen LogP contribution in [-0.2, 0) is 6.54 Å². The summed E-state index contributed by atoms with van der Waals surface area (Å²) in [7, 11) is 0. The Hall–Kier alpha value is -2.59. The Balaban J connectivity index is 2.01. The molecule has 0 saturated carbocycles. The number of aliphatic imine (C=N–C) groups is 1. The minimum atomic E-state index is 0.522. The SMILES string of the molecule is Clc1ccc2c(c1)C(c1ccccn1)=NCc1cncnc1-2. The normalized spacial score (nSPS) is 12.9. The van der Waals surface area contributed by atoms with Crippen LogP contribution in [0.15, 0.2) is 60.1 Å². The molecule has 1 aliphatic heterocycles. The molecule has 3 heterocycles. The Morgan fingerprint density at radius 3 is 2.82 bits per heavy atom. The van der Waals surface area contributed by atoms with Crippen molar-refractivity contribution < 1.29 is 0 Å². The number of halogens is 1. The highest BCUT2D eigenvalue weighted by molar-refractivity contribution is 6.31. The van der Waals surface area contributed by atoms with Gasteiger partial charge < -0.3 is 0 Å². The number of aromatic nitrogens is 3. The molecule has 106 valence electrons.